The topological polar surface area (TPSA) is 65.2 Å². The van der Waals surface area contributed by atoms with E-state index in [4.69, 9.17) is 4.52 Å². The Balaban J connectivity index is 2.63. The molecule has 1 aromatic carbocycles. The molecule has 0 aliphatic heterocycles. The fourth-order valence-corrected chi connectivity index (χ4v) is 1.42. The number of halogens is 1. The molecule has 0 radical (unpaired) electrons. The Hall–Kier alpha value is -2.24. The van der Waals surface area contributed by atoms with Gasteiger partial charge in [0.2, 0.25) is 0 Å². The molecule has 17 heavy (non-hydrogen) atoms. The zero-order valence-corrected chi connectivity index (χ0v) is 9.23. The Bertz CT molecular complexity index is 566. The van der Waals surface area contributed by atoms with Gasteiger partial charge in [0.15, 0.2) is 5.82 Å². The predicted molar refractivity (Wildman–Crippen MR) is 55.8 cm³/mol. The Morgan fingerprint density at radius 2 is 2.24 bits per heavy atom. The van der Waals surface area contributed by atoms with E-state index < -0.39 is 11.8 Å². The van der Waals surface area contributed by atoms with Crippen molar-refractivity contribution in [2.75, 3.05) is 7.11 Å². The first kappa shape index (κ1) is 11.3. The summed E-state index contributed by atoms with van der Waals surface area (Å²) in [5.41, 5.74) is 0.0103. The summed E-state index contributed by atoms with van der Waals surface area (Å²) >= 11 is 0. The summed E-state index contributed by atoms with van der Waals surface area (Å²) in [7, 11) is 1.22. The lowest BCUT2D eigenvalue weighted by atomic mass is 10.1. The van der Waals surface area contributed by atoms with Gasteiger partial charge in [0.25, 0.3) is 5.89 Å². The molecule has 2 rings (SSSR count). The minimum Gasteiger partial charge on any atom is -0.465 e. The third-order valence-electron chi connectivity index (χ3n) is 2.16. The zero-order valence-electron chi connectivity index (χ0n) is 9.23. The van der Waals surface area contributed by atoms with Crippen LogP contribution in [0.1, 0.15) is 16.2 Å². The van der Waals surface area contributed by atoms with Gasteiger partial charge in [-0.2, -0.15) is 4.98 Å². The van der Waals surface area contributed by atoms with Crippen molar-refractivity contribution in [1.29, 1.82) is 0 Å². The van der Waals surface area contributed by atoms with Crippen LogP contribution in [0.15, 0.2) is 22.7 Å². The molecule has 2 aromatic rings. The lowest BCUT2D eigenvalue weighted by molar-refractivity contribution is 0.0601. The fourth-order valence-electron chi connectivity index (χ4n) is 1.42. The van der Waals surface area contributed by atoms with Crippen LogP contribution in [0.25, 0.3) is 11.5 Å². The number of carbonyl (C=O) groups is 1. The van der Waals surface area contributed by atoms with Gasteiger partial charge in [0.1, 0.15) is 5.82 Å². The molecular weight excluding hydrogens is 227 g/mol. The summed E-state index contributed by atoms with van der Waals surface area (Å²) in [6, 6.07) is 4.05. The Kier molecular flexibility index (Phi) is 2.86. The molecule has 0 bridgehead atoms. The first-order chi connectivity index (χ1) is 8.13. The number of methoxy groups -OCH3 is 1. The fraction of sp³-hybridized carbons (Fsp3) is 0.182. The van der Waals surface area contributed by atoms with Crippen molar-refractivity contribution >= 4 is 5.97 Å². The number of esters is 1. The molecule has 0 saturated carbocycles. The van der Waals surface area contributed by atoms with Gasteiger partial charge in [-0.15, -0.1) is 0 Å². The van der Waals surface area contributed by atoms with Gasteiger partial charge in [-0.3, -0.25) is 0 Å². The summed E-state index contributed by atoms with van der Waals surface area (Å²) < 4.78 is 23.1. The van der Waals surface area contributed by atoms with Crippen molar-refractivity contribution in [3.63, 3.8) is 0 Å². The molecule has 0 atom stereocenters. The number of benzene rings is 1. The number of aryl methyl sites for hydroxylation is 1. The van der Waals surface area contributed by atoms with Crippen LogP contribution in [0.3, 0.4) is 0 Å². The lowest BCUT2D eigenvalue weighted by Crippen LogP contribution is -2.05. The van der Waals surface area contributed by atoms with Crippen molar-refractivity contribution in [2.24, 2.45) is 0 Å². The highest BCUT2D eigenvalue weighted by atomic mass is 19.1. The van der Waals surface area contributed by atoms with Crippen LogP contribution in [0.5, 0.6) is 0 Å². The van der Waals surface area contributed by atoms with Crippen LogP contribution >= 0.6 is 0 Å². The maximum Gasteiger partial charge on any atom is 0.338 e. The van der Waals surface area contributed by atoms with Crippen molar-refractivity contribution in [3.8, 4) is 11.5 Å². The van der Waals surface area contributed by atoms with Crippen molar-refractivity contribution < 1.29 is 18.4 Å². The number of ether oxygens (including phenoxy) is 1. The number of carbonyl (C=O) groups excluding carboxylic acids is 1. The average molecular weight is 236 g/mol. The summed E-state index contributed by atoms with van der Waals surface area (Å²) in [4.78, 5) is 15.4. The second-order valence-corrected chi connectivity index (χ2v) is 3.30. The van der Waals surface area contributed by atoms with E-state index in [1.54, 1.807) is 6.92 Å². The van der Waals surface area contributed by atoms with Gasteiger partial charge in [0.05, 0.1) is 18.2 Å². The van der Waals surface area contributed by atoms with Gasteiger partial charge in [-0.1, -0.05) is 11.2 Å². The van der Waals surface area contributed by atoms with Crippen molar-refractivity contribution in [1.82, 2.24) is 10.1 Å². The zero-order chi connectivity index (χ0) is 12.4. The van der Waals surface area contributed by atoms with E-state index in [0.29, 0.717) is 5.82 Å². The molecule has 6 heteroatoms. The van der Waals surface area contributed by atoms with Crippen molar-refractivity contribution in [3.05, 3.63) is 35.4 Å². The van der Waals surface area contributed by atoms with E-state index in [1.807, 2.05) is 0 Å². The van der Waals surface area contributed by atoms with Crippen LogP contribution in [0.2, 0.25) is 0 Å². The maximum atomic E-state index is 13.7. The van der Waals surface area contributed by atoms with Crippen molar-refractivity contribution in [2.45, 2.75) is 6.92 Å². The molecule has 0 saturated heterocycles. The van der Waals surface area contributed by atoms with Crippen LogP contribution in [0.4, 0.5) is 4.39 Å². The minimum atomic E-state index is -0.657. The second-order valence-electron chi connectivity index (χ2n) is 3.30. The van der Waals surface area contributed by atoms with Gasteiger partial charge >= 0.3 is 5.97 Å². The molecule has 0 unspecified atom stereocenters. The number of nitrogens with zero attached hydrogens (tertiary/aromatic N) is 2. The second kappa shape index (κ2) is 4.32. The van der Waals surface area contributed by atoms with E-state index in [2.05, 4.69) is 14.9 Å². The highest BCUT2D eigenvalue weighted by molar-refractivity contribution is 5.96. The molecule has 0 amide bonds. The molecule has 0 N–H and O–H groups in total. The summed E-state index contributed by atoms with van der Waals surface area (Å²) in [6.45, 7) is 1.60. The van der Waals surface area contributed by atoms with Crippen LogP contribution in [0, 0.1) is 12.7 Å². The van der Waals surface area contributed by atoms with E-state index in [0.717, 1.165) is 0 Å². The van der Waals surface area contributed by atoms with E-state index in [1.165, 1.54) is 25.3 Å². The molecule has 1 heterocycles. The average Bonchev–Trinajstić information content (AvgIpc) is 2.74. The lowest BCUT2D eigenvalue weighted by Gasteiger charge is -2.04. The minimum absolute atomic E-state index is 0.0407. The molecule has 0 aliphatic carbocycles. The number of hydrogen-bond donors (Lipinski definition) is 0. The van der Waals surface area contributed by atoms with Gasteiger partial charge in [-0.05, 0) is 19.1 Å². The maximum absolute atomic E-state index is 13.7. The first-order valence-electron chi connectivity index (χ1n) is 4.81. The highest BCUT2D eigenvalue weighted by Crippen LogP contribution is 2.25. The molecule has 5 nitrogen and oxygen atoms in total. The van der Waals surface area contributed by atoms with Crippen LogP contribution in [-0.2, 0) is 4.74 Å². The molecule has 0 fully saturated rings. The van der Waals surface area contributed by atoms with Crippen LogP contribution < -0.4 is 0 Å². The van der Waals surface area contributed by atoms with Gasteiger partial charge in [-0.25, -0.2) is 9.18 Å². The Morgan fingerprint density at radius 3 is 2.82 bits per heavy atom. The van der Waals surface area contributed by atoms with E-state index >= 15 is 0 Å². The molecule has 0 aliphatic rings. The molecule has 88 valence electrons. The highest BCUT2D eigenvalue weighted by Gasteiger charge is 2.21. The normalized spacial score (nSPS) is 10.3. The number of rotatable bonds is 2. The monoisotopic (exact) mass is 236 g/mol. The molecule has 1 aromatic heterocycles. The van der Waals surface area contributed by atoms with Gasteiger partial charge < -0.3 is 9.26 Å². The van der Waals surface area contributed by atoms with Gasteiger partial charge in [0, 0.05) is 0 Å². The number of aromatic nitrogens is 2. The Labute approximate surface area is 96.2 Å². The molecule has 0 spiro atoms. The quantitative estimate of drug-likeness (QED) is 0.746. The summed E-state index contributed by atoms with van der Waals surface area (Å²) in [5.74, 6) is -0.952. The van der Waals surface area contributed by atoms with Crippen LogP contribution in [-0.4, -0.2) is 23.2 Å². The largest absolute Gasteiger partial charge is 0.465 e. The Morgan fingerprint density at radius 1 is 1.47 bits per heavy atom. The number of hydrogen-bond acceptors (Lipinski definition) is 5. The SMILES string of the molecule is COC(=O)c1cccc(F)c1-c1nc(C)no1. The van der Waals surface area contributed by atoms with E-state index in [9.17, 15) is 9.18 Å². The summed E-state index contributed by atoms with van der Waals surface area (Å²) in [6.07, 6.45) is 0. The first-order valence-corrected chi connectivity index (χ1v) is 4.81. The third-order valence-corrected chi connectivity index (χ3v) is 2.16. The standard InChI is InChI=1S/C11H9FN2O3/c1-6-13-10(17-14-6)9-7(11(15)16-2)4-3-5-8(9)12/h3-5H,1-2H3. The smallest absolute Gasteiger partial charge is 0.338 e. The predicted octanol–water partition coefficient (Wildman–Crippen LogP) is 1.97. The molecular formula is C11H9FN2O3. The van der Waals surface area contributed by atoms with E-state index in [-0.39, 0.29) is 17.0 Å². The third kappa shape index (κ3) is 2.01. The summed E-state index contributed by atoms with van der Waals surface area (Å²) in [5, 5.41) is 3.56.